The zero-order valence-corrected chi connectivity index (χ0v) is 14.8. The molecule has 0 spiro atoms. The molecule has 24 heavy (non-hydrogen) atoms. The fourth-order valence-electron chi connectivity index (χ4n) is 2.94. The molecule has 1 heterocycles. The van der Waals surface area contributed by atoms with E-state index in [9.17, 15) is 14.9 Å². The summed E-state index contributed by atoms with van der Waals surface area (Å²) < 4.78 is 4.99. The van der Waals surface area contributed by atoms with Gasteiger partial charge >= 0.3 is 5.69 Å². The van der Waals surface area contributed by atoms with Crippen molar-refractivity contribution >= 4 is 24.0 Å². The maximum absolute atomic E-state index is 12.9. The minimum atomic E-state index is -0.524. The highest BCUT2D eigenvalue weighted by Crippen LogP contribution is 2.28. The van der Waals surface area contributed by atoms with Gasteiger partial charge in [-0.2, -0.15) is 0 Å². The number of halogens is 1. The van der Waals surface area contributed by atoms with E-state index >= 15 is 0 Å². The maximum Gasteiger partial charge on any atom is 0.311 e. The Balaban J connectivity index is 0.00000288. The van der Waals surface area contributed by atoms with E-state index in [1.165, 1.54) is 19.2 Å². The lowest BCUT2D eigenvalue weighted by Gasteiger charge is -2.34. The SMILES string of the molecule is CCCN(C(=O)c1ccc(OC)c([N+](=O)[O-])c1)C1CCNCC1.Cl. The highest BCUT2D eigenvalue weighted by molar-refractivity contribution is 5.95. The van der Waals surface area contributed by atoms with Crippen LogP contribution >= 0.6 is 12.4 Å². The molecule has 0 radical (unpaired) electrons. The molecule has 1 aliphatic rings. The van der Waals surface area contributed by atoms with Crippen LogP contribution in [0.25, 0.3) is 0 Å². The molecule has 1 N–H and O–H groups in total. The molecule has 7 nitrogen and oxygen atoms in total. The highest BCUT2D eigenvalue weighted by Gasteiger charge is 2.27. The average molecular weight is 358 g/mol. The molecule has 1 fully saturated rings. The van der Waals surface area contributed by atoms with Crippen LogP contribution in [0.3, 0.4) is 0 Å². The van der Waals surface area contributed by atoms with Crippen molar-refractivity contribution in [3.8, 4) is 5.75 Å². The van der Waals surface area contributed by atoms with Crippen molar-refractivity contribution in [1.82, 2.24) is 10.2 Å². The van der Waals surface area contributed by atoms with Crippen LogP contribution in [0, 0.1) is 10.1 Å². The molecular weight excluding hydrogens is 334 g/mol. The average Bonchev–Trinajstić information content (AvgIpc) is 2.59. The van der Waals surface area contributed by atoms with Crippen molar-refractivity contribution in [2.24, 2.45) is 0 Å². The summed E-state index contributed by atoms with van der Waals surface area (Å²) in [6.45, 7) is 4.46. The second-order valence-electron chi connectivity index (χ2n) is 5.62. The Kier molecular flexibility index (Phi) is 7.94. The second-order valence-corrected chi connectivity index (χ2v) is 5.62. The Hall–Kier alpha value is -1.86. The summed E-state index contributed by atoms with van der Waals surface area (Å²) in [4.78, 5) is 25.3. The number of nitrogens with zero attached hydrogens (tertiary/aromatic N) is 2. The van der Waals surface area contributed by atoms with Gasteiger partial charge < -0.3 is 15.0 Å². The van der Waals surface area contributed by atoms with E-state index in [-0.39, 0.29) is 35.8 Å². The van der Waals surface area contributed by atoms with Crippen molar-refractivity contribution < 1.29 is 14.5 Å². The summed E-state index contributed by atoms with van der Waals surface area (Å²) in [6, 6.07) is 4.57. The van der Waals surface area contributed by atoms with Gasteiger partial charge in [0.25, 0.3) is 5.91 Å². The molecule has 0 bridgehead atoms. The number of rotatable bonds is 6. The quantitative estimate of drug-likeness (QED) is 0.625. The van der Waals surface area contributed by atoms with E-state index < -0.39 is 4.92 Å². The van der Waals surface area contributed by atoms with E-state index in [4.69, 9.17) is 4.74 Å². The van der Waals surface area contributed by atoms with E-state index in [1.54, 1.807) is 6.07 Å². The van der Waals surface area contributed by atoms with Gasteiger partial charge in [-0.1, -0.05) is 6.92 Å². The lowest BCUT2D eigenvalue weighted by Crippen LogP contribution is -2.46. The molecule has 0 aromatic heterocycles. The number of benzene rings is 1. The fraction of sp³-hybridized carbons (Fsp3) is 0.562. The van der Waals surface area contributed by atoms with E-state index in [0.717, 1.165) is 32.4 Å². The second kappa shape index (κ2) is 9.44. The number of methoxy groups -OCH3 is 1. The molecule has 1 amide bonds. The van der Waals surface area contributed by atoms with Crippen LogP contribution in [0.4, 0.5) is 5.69 Å². The molecule has 1 saturated heterocycles. The Morgan fingerprint density at radius 3 is 2.62 bits per heavy atom. The Morgan fingerprint density at radius 1 is 1.42 bits per heavy atom. The number of carbonyl (C=O) groups excluding carboxylic acids is 1. The first-order valence-corrected chi connectivity index (χ1v) is 7.92. The lowest BCUT2D eigenvalue weighted by atomic mass is 10.0. The van der Waals surface area contributed by atoms with Gasteiger partial charge in [0.05, 0.1) is 12.0 Å². The van der Waals surface area contributed by atoms with E-state index in [2.05, 4.69) is 5.32 Å². The maximum atomic E-state index is 12.9. The number of ether oxygens (including phenoxy) is 1. The van der Waals surface area contributed by atoms with Crippen LogP contribution < -0.4 is 10.1 Å². The normalized spacial score (nSPS) is 14.6. The van der Waals surface area contributed by atoms with Gasteiger partial charge in [-0.15, -0.1) is 12.4 Å². The van der Waals surface area contributed by atoms with Crippen LogP contribution in [0.15, 0.2) is 18.2 Å². The van der Waals surface area contributed by atoms with Gasteiger partial charge in [0.2, 0.25) is 0 Å². The molecule has 134 valence electrons. The summed E-state index contributed by atoms with van der Waals surface area (Å²) in [5, 5.41) is 14.4. The first kappa shape index (κ1) is 20.2. The number of hydrogen-bond donors (Lipinski definition) is 1. The third-order valence-corrected chi connectivity index (χ3v) is 4.10. The topological polar surface area (TPSA) is 84.7 Å². The predicted octanol–water partition coefficient (Wildman–Crippen LogP) is 2.63. The Labute approximate surface area is 147 Å². The zero-order chi connectivity index (χ0) is 16.8. The van der Waals surface area contributed by atoms with Crippen LogP contribution in [-0.2, 0) is 0 Å². The molecule has 8 heteroatoms. The number of hydrogen-bond acceptors (Lipinski definition) is 5. The molecule has 0 atom stereocenters. The van der Waals surface area contributed by atoms with E-state index in [1.807, 2.05) is 11.8 Å². The fourth-order valence-corrected chi connectivity index (χ4v) is 2.94. The van der Waals surface area contributed by atoms with Crippen molar-refractivity contribution in [1.29, 1.82) is 0 Å². The smallest absolute Gasteiger partial charge is 0.311 e. The molecule has 1 aliphatic heterocycles. The molecule has 1 aromatic carbocycles. The van der Waals surface area contributed by atoms with Crippen LogP contribution in [0.5, 0.6) is 5.75 Å². The van der Waals surface area contributed by atoms with Crippen LogP contribution in [-0.4, -0.2) is 48.5 Å². The number of nitro groups is 1. The molecular formula is C16H24ClN3O4. The van der Waals surface area contributed by atoms with Gasteiger partial charge in [0, 0.05) is 24.2 Å². The van der Waals surface area contributed by atoms with Gasteiger partial charge in [-0.05, 0) is 44.5 Å². The summed E-state index contributed by atoms with van der Waals surface area (Å²) >= 11 is 0. The molecule has 2 rings (SSSR count). The standard InChI is InChI=1S/C16H23N3O4.ClH/c1-3-10-18(13-6-8-17-9-7-13)16(20)12-4-5-15(23-2)14(11-12)19(21)22;/h4-5,11,13,17H,3,6-10H2,1-2H3;1H. The Bertz CT molecular complexity index is 576. The van der Waals surface area contributed by atoms with Gasteiger partial charge in [0.1, 0.15) is 0 Å². The minimum Gasteiger partial charge on any atom is -0.490 e. The summed E-state index contributed by atoms with van der Waals surface area (Å²) in [5.74, 6) is 0.0139. The first-order chi connectivity index (χ1) is 11.1. The molecule has 0 aliphatic carbocycles. The number of nitrogens with one attached hydrogen (secondary N) is 1. The third kappa shape index (κ3) is 4.58. The monoisotopic (exact) mass is 357 g/mol. The van der Waals surface area contributed by atoms with Crippen molar-refractivity contribution in [3.05, 3.63) is 33.9 Å². The predicted molar refractivity (Wildman–Crippen MR) is 94.1 cm³/mol. The lowest BCUT2D eigenvalue weighted by molar-refractivity contribution is -0.385. The summed E-state index contributed by atoms with van der Waals surface area (Å²) in [6.07, 6.45) is 2.67. The number of nitro benzene ring substituents is 1. The third-order valence-electron chi connectivity index (χ3n) is 4.10. The minimum absolute atomic E-state index is 0. The van der Waals surface area contributed by atoms with Crippen LogP contribution in [0.1, 0.15) is 36.5 Å². The van der Waals surface area contributed by atoms with Gasteiger partial charge in [-0.3, -0.25) is 14.9 Å². The summed E-state index contributed by atoms with van der Waals surface area (Å²) in [7, 11) is 1.38. The zero-order valence-electron chi connectivity index (χ0n) is 14.0. The first-order valence-electron chi connectivity index (χ1n) is 7.92. The van der Waals surface area contributed by atoms with Crippen molar-refractivity contribution in [3.63, 3.8) is 0 Å². The highest BCUT2D eigenvalue weighted by atomic mass is 35.5. The number of piperidine rings is 1. The van der Waals surface area contributed by atoms with Crippen LogP contribution in [0.2, 0.25) is 0 Å². The number of amides is 1. The molecule has 0 saturated carbocycles. The van der Waals surface area contributed by atoms with Crippen molar-refractivity contribution in [2.75, 3.05) is 26.7 Å². The Morgan fingerprint density at radius 2 is 2.08 bits per heavy atom. The molecule has 0 unspecified atom stereocenters. The van der Waals surface area contributed by atoms with Crippen molar-refractivity contribution in [2.45, 2.75) is 32.2 Å². The van der Waals surface area contributed by atoms with E-state index in [0.29, 0.717) is 12.1 Å². The largest absolute Gasteiger partial charge is 0.490 e. The van der Waals surface area contributed by atoms with Gasteiger partial charge in [-0.25, -0.2) is 0 Å². The molecule has 1 aromatic rings. The number of carbonyl (C=O) groups is 1. The van der Waals surface area contributed by atoms with Gasteiger partial charge in [0.15, 0.2) is 5.75 Å². The summed E-state index contributed by atoms with van der Waals surface area (Å²) in [5.41, 5.74) is 0.157.